The van der Waals surface area contributed by atoms with Gasteiger partial charge in [0.25, 0.3) is 0 Å². The molecule has 2 rings (SSSR count). The number of rotatable bonds is 7. The largest absolute Gasteiger partial charge is 0.484 e. The first-order valence-corrected chi connectivity index (χ1v) is 5.90. The number of halogens is 1. The minimum Gasteiger partial charge on any atom is -0.484 e. The maximum absolute atomic E-state index is 12.0. The Balaban J connectivity index is 2.08. The fourth-order valence-electron chi connectivity index (χ4n) is 1.64. The van der Waals surface area contributed by atoms with Gasteiger partial charge >= 0.3 is 5.69 Å². The maximum Gasteiger partial charge on any atom is 0.311 e. The monoisotopic (exact) mass is 254 g/mol. The Hall–Kier alpha value is -1.69. The molecule has 1 aromatic rings. The van der Waals surface area contributed by atoms with E-state index >= 15 is 0 Å². The number of nitro groups is 1. The summed E-state index contributed by atoms with van der Waals surface area (Å²) in [7, 11) is 0. The van der Waals surface area contributed by atoms with Crippen LogP contribution in [-0.4, -0.2) is 24.2 Å². The van der Waals surface area contributed by atoms with Crippen LogP contribution in [0.3, 0.4) is 0 Å². The van der Waals surface area contributed by atoms with E-state index in [1.165, 1.54) is 25.0 Å². The summed E-state index contributed by atoms with van der Waals surface area (Å²) in [5.74, 6) is 0.118. The lowest BCUT2D eigenvalue weighted by Crippen LogP contribution is -2.15. The zero-order valence-corrected chi connectivity index (χ0v) is 9.89. The highest BCUT2D eigenvalue weighted by Crippen LogP contribution is 2.28. The van der Waals surface area contributed by atoms with Crippen molar-refractivity contribution >= 4 is 5.69 Å². The normalized spacial score (nSPS) is 14.5. The third-order valence-electron chi connectivity index (χ3n) is 2.73. The van der Waals surface area contributed by atoms with Gasteiger partial charge in [0.05, 0.1) is 4.92 Å². The number of hydrogen-bond donors (Lipinski definition) is 1. The molecule has 1 saturated carbocycles. The van der Waals surface area contributed by atoms with Crippen LogP contribution >= 0.6 is 0 Å². The summed E-state index contributed by atoms with van der Waals surface area (Å²) >= 11 is 0. The Labute approximate surface area is 104 Å². The molecule has 1 aliphatic rings. The van der Waals surface area contributed by atoms with E-state index in [-0.39, 0.29) is 18.0 Å². The summed E-state index contributed by atoms with van der Waals surface area (Å²) in [5.41, 5.74) is 0.722. The predicted molar refractivity (Wildman–Crippen MR) is 64.4 cm³/mol. The fourth-order valence-corrected chi connectivity index (χ4v) is 1.64. The van der Waals surface area contributed by atoms with Gasteiger partial charge in [0.15, 0.2) is 5.75 Å². The lowest BCUT2D eigenvalue weighted by atomic mass is 10.2. The van der Waals surface area contributed by atoms with Crippen LogP contribution < -0.4 is 10.1 Å². The molecule has 18 heavy (non-hydrogen) atoms. The number of alkyl halides is 1. The van der Waals surface area contributed by atoms with E-state index in [0.717, 1.165) is 5.56 Å². The van der Waals surface area contributed by atoms with Crippen LogP contribution in [0.25, 0.3) is 0 Å². The van der Waals surface area contributed by atoms with Crippen molar-refractivity contribution in [1.29, 1.82) is 0 Å². The minimum absolute atomic E-state index is 0.112. The first kappa shape index (κ1) is 12.8. The van der Waals surface area contributed by atoms with Crippen LogP contribution in [0, 0.1) is 10.1 Å². The molecular weight excluding hydrogens is 239 g/mol. The van der Waals surface area contributed by atoms with Gasteiger partial charge in [-0.3, -0.25) is 10.1 Å². The SMILES string of the molecule is O=[N+]([O-])c1cc(CNC2CC2)ccc1OCCF. The van der Waals surface area contributed by atoms with Crippen molar-refractivity contribution in [1.82, 2.24) is 5.32 Å². The summed E-state index contributed by atoms with van der Waals surface area (Å²) in [6.45, 7) is -0.225. The molecule has 0 aromatic heterocycles. The zero-order chi connectivity index (χ0) is 13.0. The lowest BCUT2D eigenvalue weighted by molar-refractivity contribution is -0.385. The average Bonchev–Trinajstić information content (AvgIpc) is 3.18. The van der Waals surface area contributed by atoms with E-state index in [4.69, 9.17) is 4.74 Å². The number of nitrogens with one attached hydrogen (secondary N) is 1. The molecule has 0 bridgehead atoms. The minimum atomic E-state index is -0.665. The molecule has 98 valence electrons. The summed E-state index contributed by atoms with van der Waals surface area (Å²) in [5, 5.41) is 14.2. The molecule has 5 nitrogen and oxygen atoms in total. The van der Waals surface area contributed by atoms with E-state index in [2.05, 4.69) is 5.32 Å². The Morgan fingerprint density at radius 3 is 2.89 bits per heavy atom. The van der Waals surface area contributed by atoms with Crippen molar-refractivity contribution in [3.8, 4) is 5.75 Å². The Kier molecular flexibility index (Phi) is 4.09. The lowest BCUT2D eigenvalue weighted by Gasteiger charge is -2.07. The molecule has 6 heteroatoms. The van der Waals surface area contributed by atoms with Crippen molar-refractivity contribution in [2.45, 2.75) is 25.4 Å². The quantitative estimate of drug-likeness (QED) is 0.598. The van der Waals surface area contributed by atoms with Gasteiger partial charge in [0, 0.05) is 18.7 Å². The second-order valence-electron chi connectivity index (χ2n) is 4.25. The highest BCUT2D eigenvalue weighted by Gasteiger charge is 2.21. The van der Waals surface area contributed by atoms with E-state index < -0.39 is 11.6 Å². The zero-order valence-electron chi connectivity index (χ0n) is 9.89. The van der Waals surface area contributed by atoms with Gasteiger partial charge in [0.1, 0.15) is 13.3 Å². The third kappa shape index (κ3) is 3.40. The molecule has 0 spiro atoms. The maximum atomic E-state index is 12.0. The van der Waals surface area contributed by atoms with E-state index in [0.29, 0.717) is 12.6 Å². The average molecular weight is 254 g/mol. The molecule has 0 amide bonds. The number of nitrogens with zero attached hydrogens (tertiary/aromatic N) is 1. The van der Waals surface area contributed by atoms with Gasteiger partial charge in [-0.05, 0) is 24.5 Å². The molecule has 1 aromatic carbocycles. The van der Waals surface area contributed by atoms with Crippen molar-refractivity contribution in [2.75, 3.05) is 13.3 Å². The molecule has 0 unspecified atom stereocenters. The molecule has 0 atom stereocenters. The summed E-state index contributed by atoms with van der Waals surface area (Å²) in [4.78, 5) is 10.4. The number of nitro benzene ring substituents is 1. The van der Waals surface area contributed by atoms with Crippen LogP contribution in [0.4, 0.5) is 10.1 Å². The summed E-state index contributed by atoms with van der Waals surface area (Å²) < 4.78 is 17.0. The van der Waals surface area contributed by atoms with Gasteiger partial charge < -0.3 is 10.1 Å². The van der Waals surface area contributed by atoms with Gasteiger partial charge in [-0.15, -0.1) is 0 Å². The van der Waals surface area contributed by atoms with E-state index in [9.17, 15) is 14.5 Å². The van der Waals surface area contributed by atoms with Crippen LogP contribution in [0.5, 0.6) is 5.75 Å². The Morgan fingerprint density at radius 1 is 1.50 bits per heavy atom. The number of ether oxygens (including phenoxy) is 1. The van der Waals surface area contributed by atoms with Crippen molar-refractivity contribution in [3.05, 3.63) is 33.9 Å². The molecular formula is C12H15FN2O3. The second-order valence-corrected chi connectivity index (χ2v) is 4.25. The van der Waals surface area contributed by atoms with Crippen LogP contribution in [0.15, 0.2) is 18.2 Å². The van der Waals surface area contributed by atoms with Crippen LogP contribution in [-0.2, 0) is 6.54 Å². The standard InChI is InChI=1S/C12H15FN2O3/c13-5-6-18-12-4-1-9(7-11(12)15(16)17)8-14-10-2-3-10/h1,4,7,10,14H,2-3,5-6,8H2. The Bertz CT molecular complexity index is 435. The van der Waals surface area contributed by atoms with Gasteiger partial charge in [-0.1, -0.05) is 6.07 Å². The molecule has 0 radical (unpaired) electrons. The van der Waals surface area contributed by atoms with E-state index in [1.54, 1.807) is 6.07 Å². The fraction of sp³-hybridized carbons (Fsp3) is 0.500. The highest BCUT2D eigenvalue weighted by atomic mass is 19.1. The number of hydrogen-bond acceptors (Lipinski definition) is 4. The molecule has 0 saturated heterocycles. The van der Waals surface area contributed by atoms with Crippen LogP contribution in [0.1, 0.15) is 18.4 Å². The molecule has 0 heterocycles. The van der Waals surface area contributed by atoms with Crippen molar-refractivity contribution in [2.24, 2.45) is 0 Å². The Morgan fingerprint density at radius 2 is 2.28 bits per heavy atom. The van der Waals surface area contributed by atoms with Crippen LogP contribution in [0.2, 0.25) is 0 Å². The van der Waals surface area contributed by atoms with Crippen molar-refractivity contribution in [3.63, 3.8) is 0 Å². The molecule has 1 fully saturated rings. The first-order valence-electron chi connectivity index (χ1n) is 5.90. The van der Waals surface area contributed by atoms with Crippen molar-refractivity contribution < 1.29 is 14.1 Å². The van der Waals surface area contributed by atoms with E-state index in [1.807, 2.05) is 0 Å². The van der Waals surface area contributed by atoms with Gasteiger partial charge in [0.2, 0.25) is 0 Å². The number of benzene rings is 1. The molecule has 0 aliphatic heterocycles. The third-order valence-corrected chi connectivity index (χ3v) is 2.73. The first-order chi connectivity index (χ1) is 8.70. The highest BCUT2D eigenvalue weighted by molar-refractivity contribution is 5.48. The summed E-state index contributed by atoms with van der Waals surface area (Å²) in [6, 6.07) is 5.31. The molecule has 1 N–H and O–H groups in total. The van der Waals surface area contributed by atoms with Gasteiger partial charge in [-0.25, -0.2) is 4.39 Å². The topological polar surface area (TPSA) is 64.4 Å². The summed E-state index contributed by atoms with van der Waals surface area (Å²) in [6.07, 6.45) is 2.33. The second kappa shape index (κ2) is 5.77. The molecule has 1 aliphatic carbocycles. The smallest absolute Gasteiger partial charge is 0.311 e. The predicted octanol–water partition coefficient (Wildman–Crippen LogP) is 2.20. The van der Waals surface area contributed by atoms with Gasteiger partial charge in [-0.2, -0.15) is 0 Å².